The lowest BCUT2D eigenvalue weighted by Crippen LogP contribution is -2.64. The molecule has 4 heteroatoms. The fourth-order valence-corrected chi connectivity index (χ4v) is 2.18. The number of alkyl halides is 1. The summed E-state index contributed by atoms with van der Waals surface area (Å²) in [7, 11) is 0. The first-order valence-corrected chi connectivity index (χ1v) is 4.87. The minimum absolute atomic E-state index is 0.0403. The maximum atomic E-state index is 13.0. The molecule has 1 saturated carbocycles. The maximum Gasteiger partial charge on any atom is 0.237 e. The molecule has 2 N–H and O–H groups in total. The number of piperazine rings is 1. The monoisotopic (exact) mass is 186 g/mol. The molecule has 2 aliphatic rings. The molecular weight excluding hydrogens is 171 g/mol. The van der Waals surface area contributed by atoms with Crippen LogP contribution in [0.5, 0.6) is 0 Å². The third-order valence-electron chi connectivity index (χ3n) is 2.97. The lowest BCUT2D eigenvalue weighted by atomic mass is 9.86. The van der Waals surface area contributed by atoms with E-state index < -0.39 is 6.17 Å². The predicted octanol–water partition coefficient (Wildman–Crippen LogP) is 0.353. The molecular formula is C9H15FN2O. The van der Waals surface area contributed by atoms with E-state index in [0.29, 0.717) is 12.8 Å². The second-order valence-corrected chi connectivity index (χ2v) is 4.02. The standard InChI is InChI=1S/C9H15FN2O/c1-5-9(13)12-7-3-2-6(10)4-8(7)11-5/h5-8,11H,2-4H2,1H3,(H,12,13). The van der Waals surface area contributed by atoms with Gasteiger partial charge in [0.25, 0.3) is 0 Å². The van der Waals surface area contributed by atoms with Crippen molar-refractivity contribution >= 4 is 5.91 Å². The van der Waals surface area contributed by atoms with Gasteiger partial charge < -0.3 is 10.6 Å². The van der Waals surface area contributed by atoms with Crippen LogP contribution in [0.2, 0.25) is 0 Å². The van der Waals surface area contributed by atoms with E-state index in [2.05, 4.69) is 10.6 Å². The molecule has 0 bridgehead atoms. The molecule has 3 nitrogen and oxygen atoms in total. The number of amides is 1. The van der Waals surface area contributed by atoms with Gasteiger partial charge in [0, 0.05) is 12.1 Å². The van der Waals surface area contributed by atoms with Crippen LogP contribution in [0.25, 0.3) is 0 Å². The first kappa shape index (κ1) is 8.94. The number of hydrogen-bond donors (Lipinski definition) is 2. The lowest BCUT2D eigenvalue weighted by Gasteiger charge is -2.40. The quantitative estimate of drug-likeness (QED) is 0.573. The highest BCUT2D eigenvalue weighted by Gasteiger charge is 2.37. The molecule has 2 rings (SSSR count). The van der Waals surface area contributed by atoms with Crippen molar-refractivity contribution in [2.45, 2.75) is 50.5 Å². The normalized spacial score (nSPS) is 45.2. The molecule has 4 unspecified atom stereocenters. The molecule has 0 aromatic rings. The molecule has 0 aromatic heterocycles. The van der Waals surface area contributed by atoms with Gasteiger partial charge in [-0.3, -0.25) is 4.79 Å². The number of carbonyl (C=O) groups is 1. The Bertz CT molecular complexity index is 222. The van der Waals surface area contributed by atoms with Crippen LogP contribution in [0.4, 0.5) is 4.39 Å². The van der Waals surface area contributed by atoms with Gasteiger partial charge in [0.2, 0.25) is 5.91 Å². The van der Waals surface area contributed by atoms with E-state index in [0.717, 1.165) is 6.42 Å². The van der Waals surface area contributed by atoms with Gasteiger partial charge >= 0.3 is 0 Å². The summed E-state index contributed by atoms with van der Waals surface area (Å²) in [5.41, 5.74) is 0. The molecule has 1 heterocycles. The average molecular weight is 186 g/mol. The molecule has 1 aliphatic heterocycles. The van der Waals surface area contributed by atoms with Crippen LogP contribution in [-0.2, 0) is 4.79 Å². The van der Waals surface area contributed by atoms with Gasteiger partial charge in [0.05, 0.1) is 6.04 Å². The summed E-state index contributed by atoms with van der Waals surface area (Å²) in [6.07, 6.45) is 1.18. The summed E-state index contributed by atoms with van der Waals surface area (Å²) in [6, 6.07) is 0.110. The smallest absolute Gasteiger partial charge is 0.237 e. The maximum absolute atomic E-state index is 13.0. The van der Waals surface area contributed by atoms with E-state index in [1.807, 2.05) is 6.92 Å². The third kappa shape index (κ3) is 1.68. The summed E-state index contributed by atoms with van der Waals surface area (Å²) in [5.74, 6) is 0.0403. The molecule has 0 radical (unpaired) electrons. The van der Waals surface area contributed by atoms with Crippen molar-refractivity contribution in [2.75, 3.05) is 0 Å². The highest BCUT2D eigenvalue weighted by molar-refractivity contribution is 5.82. The zero-order valence-electron chi connectivity index (χ0n) is 7.72. The SMILES string of the molecule is CC1NC2CC(F)CCC2NC1=O. The van der Waals surface area contributed by atoms with Gasteiger partial charge in [0.15, 0.2) is 0 Å². The van der Waals surface area contributed by atoms with Crippen molar-refractivity contribution in [3.8, 4) is 0 Å². The molecule has 1 aliphatic carbocycles. The molecule has 13 heavy (non-hydrogen) atoms. The summed E-state index contributed by atoms with van der Waals surface area (Å²) >= 11 is 0. The largest absolute Gasteiger partial charge is 0.350 e. The van der Waals surface area contributed by atoms with E-state index in [4.69, 9.17) is 0 Å². The zero-order valence-corrected chi connectivity index (χ0v) is 7.72. The number of hydrogen-bond acceptors (Lipinski definition) is 2. The summed E-state index contributed by atoms with van der Waals surface area (Å²) < 4.78 is 13.0. The van der Waals surface area contributed by atoms with Crippen molar-refractivity contribution in [1.82, 2.24) is 10.6 Å². The highest BCUT2D eigenvalue weighted by atomic mass is 19.1. The molecule has 1 saturated heterocycles. The Labute approximate surface area is 77.1 Å². The molecule has 4 atom stereocenters. The van der Waals surface area contributed by atoms with Crippen LogP contribution in [0.3, 0.4) is 0 Å². The Morgan fingerprint density at radius 2 is 2.15 bits per heavy atom. The number of rotatable bonds is 0. The lowest BCUT2D eigenvalue weighted by molar-refractivity contribution is -0.126. The van der Waals surface area contributed by atoms with E-state index in [9.17, 15) is 9.18 Å². The van der Waals surface area contributed by atoms with Crippen molar-refractivity contribution in [3.63, 3.8) is 0 Å². The minimum atomic E-state index is -0.698. The van der Waals surface area contributed by atoms with Crippen LogP contribution in [0.1, 0.15) is 26.2 Å². The number of nitrogens with one attached hydrogen (secondary N) is 2. The van der Waals surface area contributed by atoms with Crippen molar-refractivity contribution < 1.29 is 9.18 Å². The van der Waals surface area contributed by atoms with Crippen LogP contribution < -0.4 is 10.6 Å². The van der Waals surface area contributed by atoms with Gasteiger partial charge in [-0.15, -0.1) is 0 Å². The van der Waals surface area contributed by atoms with Crippen LogP contribution in [0, 0.1) is 0 Å². The van der Waals surface area contributed by atoms with E-state index >= 15 is 0 Å². The molecule has 0 aromatic carbocycles. The molecule has 74 valence electrons. The number of carbonyl (C=O) groups excluding carboxylic acids is 1. The van der Waals surface area contributed by atoms with E-state index in [-0.39, 0.29) is 24.0 Å². The van der Waals surface area contributed by atoms with Gasteiger partial charge in [-0.1, -0.05) is 0 Å². The zero-order chi connectivity index (χ0) is 9.42. The second-order valence-electron chi connectivity index (χ2n) is 4.02. The highest BCUT2D eigenvalue weighted by Crippen LogP contribution is 2.24. The Balaban J connectivity index is 2.02. The van der Waals surface area contributed by atoms with E-state index in [1.165, 1.54) is 0 Å². The Morgan fingerprint density at radius 1 is 1.38 bits per heavy atom. The minimum Gasteiger partial charge on any atom is -0.350 e. The molecule has 2 fully saturated rings. The summed E-state index contributed by atoms with van der Waals surface area (Å²) in [4.78, 5) is 11.3. The Kier molecular flexibility index (Phi) is 2.24. The molecule has 0 spiro atoms. The van der Waals surface area contributed by atoms with Gasteiger partial charge in [-0.05, 0) is 26.2 Å². The fraction of sp³-hybridized carbons (Fsp3) is 0.889. The summed E-state index contributed by atoms with van der Waals surface area (Å²) in [6.45, 7) is 1.81. The topological polar surface area (TPSA) is 41.1 Å². The Hall–Kier alpha value is -0.640. The Morgan fingerprint density at radius 3 is 2.92 bits per heavy atom. The first-order valence-electron chi connectivity index (χ1n) is 4.87. The van der Waals surface area contributed by atoms with E-state index in [1.54, 1.807) is 0 Å². The first-order chi connectivity index (χ1) is 6.16. The van der Waals surface area contributed by atoms with Crippen LogP contribution in [-0.4, -0.2) is 30.2 Å². The van der Waals surface area contributed by atoms with Gasteiger partial charge in [0.1, 0.15) is 6.17 Å². The van der Waals surface area contributed by atoms with Gasteiger partial charge in [-0.2, -0.15) is 0 Å². The fourth-order valence-electron chi connectivity index (χ4n) is 2.18. The number of halogens is 1. The van der Waals surface area contributed by atoms with Crippen molar-refractivity contribution in [3.05, 3.63) is 0 Å². The summed E-state index contributed by atoms with van der Waals surface area (Å²) in [5, 5.41) is 6.07. The third-order valence-corrected chi connectivity index (χ3v) is 2.97. The van der Waals surface area contributed by atoms with Crippen molar-refractivity contribution in [2.24, 2.45) is 0 Å². The van der Waals surface area contributed by atoms with Crippen LogP contribution in [0.15, 0.2) is 0 Å². The average Bonchev–Trinajstić information content (AvgIpc) is 2.08. The van der Waals surface area contributed by atoms with Gasteiger partial charge in [-0.25, -0.2) is 4.39 Å². The van der Waals surface area contributed by atoms with Crippen molar-refractivity contribution in [1.29, 1.82) is 0 Å². The van der Waals surface area contributed by atoms with Crippen LogP contribution >= 0.6 is 0 Å². The predicted molar refractivity (Wildman–Crippen MR) is 47.1 cm³/mol. The molecule has 1 amide bonds. The number of fused-ring (bicyclic) bond motifs is 1. The second kappa shape index (κ2) is 3.25.